The van der Waals surface area contributed by atoms with Crippen molar-refractivity contribution in [1.82, 2.24) is 14.6 Å². The van der Waals surface area contributed by atoms with Crippen LogP contribution in [0, 0.1) is 0 Å². The molecule has 5 rings (SSSR count). The summed E-state index contributed by atoms with van der Waals surface area (Å²) < 4.78 is 67.0. The van der Waals surface area contributed by atoms with E-state index in [1.165, 1.54) is 53.6 Å². The number of rotatable bonds is 8. The van der Waals surface area contributed by atoms with Gasteiger partial charge in [0.2, 0.25) is 21.8 Å². The highest BCUT2D eigenvalue weighted by Gasteiger charge is 2.53. The maximum atomic E-state index is 16.0. The second-order valence-electron chi connectivity index (χ2n) is 9.93. The Morgan fingerprint density at radius 3 is 2.27 bits per heavy atom. The third-order valence-corrected chi connectivity index (χ3v) is 9.38. The summed E-state index contributed by atoms with van der Waals surface area (Å²) in [5.74, 6) is -4.33. The number of nitrogens with two attached hydrogens (primary N) is 1. The van der Waals surface area contributed by atoms with Crippen LogP contribution >= 0.6 is 27.5 Å². The Kier molecular flexibility index (Phi) is 8.17. The van der Waals surface area contributed by atoms with E-state index in [0.717, 1.165) is 12.1 Å². The molecule has 40 heavy (non-hydrogen) atoms. The summed E-state index contributed by atoms with van der Waals surface area (Å²) in [6.07, 6.45) is 3.63. The number of benzene rings is 2. The largest absolute Gasteiger partial charge is 0.439 e. The molecule has 0 aliphatic carbocycles. The normalized spacial score (nSPS) is 21.7. The zero-order valence-electron chi connectivity index (χ0n) is 21.0. The first-order chi connectivity index (χ1) is 18.9. The van der Waals surface area contributed by atoms with E-state index in [9.17, 15) is 13.2 Å². The molecule has 1 amide bonds. The monoisotopic (exact) mass is 654 g/mol. The van der Waals surface area contributed by atoms with Gasteiger partial charge in [0, 0.05) is 40.4 Å². The van der Waals surface area contributed by atoms with E-state index >= 15 is 8.78 Å². The van der Waals surface area contributed by atoms with Gasteiger partial charge in [-0.25, -0.2) is 13.4 Å². The number of nitrogens with one attached hydrogen (secondary N) is 1. The summed E-state index contributed by atoms with van der Waals surface area (Å²) in [5.41, 5.74) is 5.62. The Balaban J connectivity index is 1.43. The van der Waals surface area contributed by atoms with Gasteiger partial charge in [0.05, 0.1) is 9.92 Å². The van der Waals surface area contributed by atoms with Crippen molar-refractivity contribution >= 4 is 43.5 Å². The number of halogens is 4. The SMILES string of the molecule is NC1CC2CCC(C1)N2C(=O)C(NS(=O)(=O)c1ccc(Oc2ccc(Cl)cn2)cc1)C(F)(F)c1ccc(Br)cc1. The highest BCUT2D eigenvalue weighted by Crippen LogP contribution is 2.40. The van der Waals surface area contributed by atoms with Crippen LogP contribution in [0.25, 0.3) is 0 Å². The molecule has 2 aliphatic rings. The third-order valence-electron chi connectivity index (χ3n) is 7.19. The van der Waals surface area contributed by atoms with E-state index < -0.39 is 33.5 Å². The average molecular weight is 656 g/mol. The van der Waals surface area contributed by atoms with Gasteiger partial charge in [0.1, 0.15) is 5.75 Å². The van der Waals surface area contributed by atoms with Gasteiger partial charge < -0.3 is 15.4 Å². The number of nitrogens with zero attached hydrogens (tertiary/aromatic N) is 2. The Bertz CT molecular complexity index is 1460. The second kappa shape index (κ2) is 11.3. The number of ether oxygens (including phenoxy) is 1. The number of amides is 1. The first-order valence-electron chi connectivity index (χ1n) is 12.6. The molecule has 2 aromatic carbocycles. The zero-order chi connectivity index (χ0) is 28.7. The maximum absolute atomic E-state index is 16.0. The standard InChI is InChI=1S/C27H26BrClF2N4O4S/c28-17-3-1-16(2-4-17)27(30,31)25(26(36)35-20-6-7-21(35)14-19(32)13-20)34-40(37,38)23-10-8-22(9-11-23)39-24-12-5-18(29)15-33-24/h1-5,8-12,15,19-21,25,34H,6-7,13-14,32H2. The Hall–Kier alpha value is -2.64. The fourth-order valence-electron chi connectivity index (χ4n) is 5.30. The lowest BCUT2D eigenvalue weighted by atomic mass is 9.95. The summed E-state index contributed by atoms with van der Waals surface area (Å²) in [5, 5.41) is 0.421. The van der Waals surface area contributed by atoms with E-state index in [-0.39, 0.29) is 34.7 Å². The third kappa shape index (κ3) is 6.01. The second-order valence-corrected chi connectivity index (χ2v) is 13.0. The molecule has 0 radical (unpaired) electrons. The Morgan fingerprint density at radius 1 is 1.07 bits per heavy atom. The van der Waals surface area contributed by atoms with Crippen molar-refractivity contribution in [1.29, 1.82) is 0 Å². The van der Waals surface area contributed by atoms with E-state index in [2.05, 4.69) is 20.9 Å². The van der Waals surface area contributed by atoms with Gasteiger partial charge in [-0.2, -0.15) is 13.5 Å². The Morgan fingerprint density at radius 2 is 1.70 bits per heavy atom. The van der Waals surface area contributed by atoms with Crippen LogP contribution in [0.2, 0.25) is 5.02 Å². The Labute approximate surface area is 244 Å². The van der Waals surface area contributed by atoms with Crippen LogP contribution in [0.4, 0.5) is 8.78 Å². The number of carbonyl (C=O) groups is 1. The van der Waals surface area contributed by atoms with Crippen LogP contribution < -0.4 is 15.2 Å². The first-order valence-corrected chi connectivity index (χ1v) is 15.2. The van der Waals surface area contributed by atoms with Crippen molar-refractivity contribution < 1.29 is 26.7 Å². The van der Waals surface area contributed by atoms with E-state index in [1.54, 1.807) is 6.07 Å². The zero-order valence-corrected chi connectivity index (χ0v) is 24.2. The van der Waals surface area contributed by atoms with Crippen molar-refractivity contribution in [3.05, 3.63) is 81.9 Å². The van der Waals surface area contributed by atoms with Crippen molar-refractivity contribution in [2.75, 3.05) is 0 Å². The lowest BCUT2D eigenvalue weighted by Gasteiger charge is -2.41. The highest BCUT2D eigenvalue weighted by molar-refractivity contribution is 9.10. The number of hydrogen-bond acceptors (Lipinski definition) is 6. The quantitative estimate of drug-likeness (QED) is 0.345. The number of sulfonamides is 1. The molecule has 3 aromatic rings. The van der Waals surface area contributed by atoms with Crippen molar-refractivity contribution in [2.24, 2.45) is 5.73 Å². The molecule has 8 nitrogen and oxygen atoms in total. The number of hydrogen-bond donors (Lipinski definition) is 2. The van der Waals surface area contributed by atoms with E-state index in [4.69, 9.17) is 22.1 Å². The van der Waals surface area contributed by atoms with Gasteiger partial charge in [0.25, 0.3) is 5.92 Å². The van der Waals surface area contributed by atoms with Crippen LogP contribution in [-0.2, 0) is 20.7 Å². The van der Waals surface area contributed by atoms with Crippen LogP contribution in [-0.4, -0.2) is 48.4 Å². The van der Waals surface area contributed by atoms with Gasteiger partial charge in [-0.3, -0.25) is 4.79 Å². The number of pyridine rings is 1. The van der Waals surface area contributed by atoms with Gasteiger partial charge in [0.15, 0.2) is 6.04 Å². The summed E-state index contributed by atoms with van der Waals surface area (Å²) in [6, 6.07) is 10.3. The van der Waals surface area contributed by atoms with Crippen LogP contribution in [0.3, 0.4) is 0 Å². The number of piperidine rings is 1. The van der Waals surface area contributed by atoms with Crippen molar-refractivity contribution in [3.8, 4) is 11.6 Å². The maximum Gasteiger partial charge on any atom is 0.298 e. The van der Waals surface area contributed by atoms with Gasteiger partial charge in [-0.15, -0.1) is 0 Å². The molecule has 2 saturated heterocycles. The summed E-state index contributed by atoms with van der Waals surface area (Å²) in [4.78, 5) is 18.9. The summed E-state index contributed by atoms with van der Waals surface area (Å²) in [7, 11) is -4.56. The van der Waals surface area contributed by atoms with E-state index in [0.29, 0.717) is 35.2 Å². The number of fused-ring (bicyclic) bond motifs is 2. The van der Waals surface area contributed by atoms with Gasteiger partial charge in [-0.1, -0.05) is 39.7 Å². The molecular formula is C27H26BrClF2N4O4S. The molecule has 2 bridgehead atoms. The number of aromatic nitrogens is 1. The lowest BCUT2D eigenvalue weighted by Crippen LogP contribution is -2.60. The van der Waals surface area contributed by atoms with Crippen molar-refractivity contribution in [2.45, 2.75) is 60.7 Å². The fraction of sp³-hybridized carbons (Fsp3) is 0.333. The predicted octanol–water partition coefficient (Wildman–Crippen LogP) is 5.21. The molecule has 212 valence electrons. The molecule has 3 N–H and O–H groups in total. The summed E-state index contributed by atoms with van der Waals surface area (Å²) >= 11 is 9.04. The number of alkyl halides is 2. The first kappa shape index (κ1) is 28.9. The van der Waals surface area contributed by atoms with Crippen LogP contribution in [0.1, 0.15) is 31.2 Å². The predicted molar refractivity (Wildman–Crippen MR) is 149 cm³/mol. The smallest absolute Gasteiger partial charge is 0.298 e. The fourth-order valence-corrected chi connectivity index (χ4v) is 6.87. The minimum absolute atomic E-state index is 0.132. The van der Waals surface area contributed by atoms with Crippen LogP contribution in [0.15, 0.2) is 76.2 Å². The molecular weight excluding hydrogens is 630 g/mol. The highest BCUT2D eigenvalue weighted by atomic mass is 79.9. The van der Waals surface area contributed by atoms with Gasteiger partial charge >= 0.3 is 0 Å². The number of carbonyl (C=O) groups excluding carboxylic acids is 1. The van der Waals surface area contributed by atoms with E-state index in [1.807, 2.05) is 4.72 Å². The van der Waals surface area contributed by atoms with Gasteiger partial charge in [-0.05, 0) is 68.1 Å². The minimum Gasteiger partial charge on any atom is -0.439 e. The molecule has 3 heterocycles. The molecule has 3 unspecified atom stereocenters. The minimum atomic E-state index is -4.56. The molecule has 0 saturated carbocycles. The molecule has 0 spiro atoms. The van der Waals surface area contributed by atoms with Crippen molar-refractivity contribution in [3.63, 3.8) is 0 Å². The lowest BCUT2D eigenvalue weighted by molar-refractivity contribution is -0.149. The molecule has 1 aromatic heterocycles. The summed E-state index contributed by atoms with van der Waals surface area (Å²) in [6.45, 7) is 0. The topological polar surface area (TPSA) is 115 Å². The average Bonchev–Trinajstić information content (AvgIpc) is 3.19. The molecule has 3 atom stereocenters. The molecule has 2 fully saturated rings. The van der Waals surface area contributed by atoms with Crippen LogP contribution in [0.5, 0.6) is 11.6 Å². The molecule has 2 aliphatic heterocycles. The molecule has 13 heteroatoms.